The fraction of sp³-hybridized carbons (Fsp3) is 1.00. The normalized spacial score (nSPS) is 12.2. The molecular formula is C11H29N3Si. The van der Waals surface area contributed by atoms with Gasteiger partial charge in [0.2, 0.25) is 0 Å². The summed E-state index contributed by atoms with van der Waals surface area (Å²) in [5, 5.41) is 0.577. The minimum atomic E-state index is 0.577. The van der Waals surface area contributed by atoms with Gasteiger partial charge in [0.1, 0.15) is 0 Å². The quantitative estimate of drug-likeness (QED) is 0.369. The summed E-state index contributed by atoms with van der Waals surface area (Å²) >= 11 is 0. The average Bonchev–Trinajstić information content (AvgIpc) is 2.24. The Morgan fingerprint density at radius 2 is 1.07 bits per heavy atom. The molecule has 0 unspecified atom stereocenters. The second-order valence-corrected chi connectivity index (χ2v) is 6.96. The molecule has 6 N–H and O–H groups in total. The van der Waals surface area contributed by atoms with Gasteiger partial charge in [0.25, 0.3) is 0 Å². The lowest BCUT2D eigenvalue weighted by molar-refractivity contribution is 0.410. The SMILES string of the molecule is NCCCCC([SiH3])(CCCN)CCCN. The van der Waals surface area contributed by atoms with Crippen LogP contribution in [0.25, 0.3) is 0 Å². The first kappa shape index (κ1) is 15.1. The number of unbranched alkanes of at least 4 members (excludes halogenated alkanes) is 1. The smallest absolute Gasteiger partial charge is 0.0106 e. The number of hydrogen-bond acceptors (Lipinski definition) is 3. The summed E-state index contributed by atoms with van der Waals surface area (Å²) in [6, 6.07) is 0. The summed E-state index contributed by atoms with van der Waals surface area (Å²) < 4.78 is 0. The van der Waals surface area contributed by atoms with E-state index in [4.69, 9.17) is 17.2 Å². The molecule has 3 nitrogen and oxygen atoms in total. The van der Waals surface area contributed by atoms with E-state index in [-0.39, 0.29) is 0 Å². The predicted octanol–water partition coefficient (Wildman–Crippen LogP) is 0.117. The molecule has 0 aliphatic heterocycles. The molecule has 0 atom stereocenters. The summed E-state index contributed by atoms with van der Waals surface area (Å²) in [6.07, 6.45) is 8.68. The first-order chi connectivity index (χ1) is 7.18. The van der Waals surface area contributed by atoms with Crippen molar-refractivity contribution in [2.24, 2.45) is 17.2 Å². The Labute approximate surface area is 97.6 Å². The van der Waals surface area contributed by atoms with Crippen LogP contribution in [0.4, 0.5) is 0 Å². The Bertz CT molecular complexity index is 134. The van der Waals surface area contributed by atoms with E-state index in [0.717, 1.165) is 38.9 Å². The lowest BCUT2D eigenvalue weighted by Gasteiger charge is -2.29. The lowest BCUT2D eigenvalue weighted by atomic mass is 9.90. The molecule has 0 saturated carbocycles. The lowest BCUT2D eigenvalue weighted by Crippen LogP contribution is -2.17. The molecule has 0 radical (unpaired) electrons. The van der Waals surface area contributed by atoms with Gasteiger partial charge in [0.15, 0.2) is 0 Å². The maximum atomic E-state index is 5.59. The van der Waals surface area contributed by atoms with Crippen molar-refractivity contribution in [2.45, 2.75) is 50.0 Å². The van der Waals surface area contributed by atoms with E-state index in [1.807, 2.05) is 0 Å². The topological polar surface area (TPSA) is 78.1 Å². The zero-order chi connectivity index (χ0) is 11.6. The number of rotatable bonds is 10. The van der Waals surface area contributed by atoms with Crippen LogP contribution in [-0.4, -0.2) is 29.9 Å². The van der Waals surface area contributed by atoms with Gasteiger partial charge in [-0.1, -0.05) is 12.8 Å². The van der Waals surface area contributed by atoms with Gasteiger partial charge >= 0.3 is 0 Å². The highest BCUT2D eigenvalue weighted by Crippen LogP contribution is 2.38. The van der Waals surface area contributed by atoms with Crippen LogP contribution in [0.1, 0.15) is 44.9 Å². The van der Waals surface area contributed by atoms with Crippen molar-refractivity contribution >= 4 is 10.2 Å². The van der Waals surface area contributed by atoms with Gasteiger partial charge in [0, 0.05) is 10.2 Å². The second-order valence-electron chi connectivity index (χ2n) is 4.84. The predicted molar refractivity (Wildman–Crippen MR) is 72.1 cm³/mol. The van der Waals surface area contributed by atoms with E-state index in [1.54, 1.807) is 0 Å². The Morgan fingerprint density at radius 1 is 0.667 bits per heavy atom. The van der Waals surface area contributed by atoms with Gasteiger partial charge in [-0.15, -0.1) is 0 Å². The fourth-order valence-corrected chi connectivity index (χ4v) is 3.19. The molecule has 0 bridgehead atoms. The van der Waals surface area contributed by atoms with Crippen molar-refractivity contribution in [3.05, 3.63) is 0 Å². The minimum absolute atomic E-state index is 0.577. The number of nitrogens with two attached hydrogens (primary N) is 3. The molecule has 0 aromatic carbocycles. The highest BCUT2D eigenvalue weighted by atomic mass is 28.1. The Hall–Kier alpha value is 0.0969. The third kappa shape index (κ3) is 7.96. The molecule has 0 fully saturated rings. The molecule has 0 aromatic heterocycles. The summed E-state index contributed by atoms with van der Waals surface area (Å²) in [6.45, 7) is 2.47. The van der Waals surface area contributed by atoms with Crippen molar-refractivity contribution in [1.82, 2.24) is 0 Å². The zero-order valence-electron chi connectivity index (χ0n) is 10.3. The van der Waals surface area contributed by atoms with Gasteiger partial charge in [-0.05, 0) is 56.8 Å². The molecule has 0 aromatic rings. The largest absolute Gasteiger partial charge is 0.330 e. The summed E-state index contributed by atoms with van der Waals surface area (Å²) in [7, 11) is 1.26. The Balaban J connectivity index is 3.89. The third-order valence-corrected chi connectivity index (χ3v) is 4.70. The van der Waals surface area contributed by atoms with Crippen molar-refractivity contribution in [2.75, 3.05) is 19.6 Å². The van der Waals surface area contributed by atoms with E-state index in [2.05, 4.69) is 0 Å². The van der Waals surface area contributed by atoms with Gasteiger partial charge in [-0.25, -0.2) is 0 Å². The molecule has 15 heavy (non-hydrogen) atoms. The molecule has 0 aliphatic carbocycles. The molecule has 0 spiro atoms. The van der Waals surface area contributed by atoms with Crippen LogP contribution in [0.2, 0.25) is 5.04 Å². The van der Waals surface area contributed by atoms with E-state index < -0.39 is 0 Å². The Morgan fingerprint density at radius 3 is 1.47 bits per heavy atom. The minimum Gasteiger partial charge on any atom is -0.330 e. The first-order valence-corrected chi connectivity index (χ1v) is 7.29. The van der Waals surface area contributed by atoms with Gasteiger partial charge in [-0.2, -0.15) is 0 Å². The van der Waals surface area contributed by atoms with Gasteiger partial charge < -0.3 is 17.2 Å². The monoisotopic (exact) mass is 231 g/mol. The third-order valence-electron chi connectivity index (χ3n) is 3.20. The van der Waals surface area contributed by atoms with Crippen LogP contribution in [0.3, 0.4) is 0 Å². The average molecular weight is 231 g/mol. The van der Waals surface area contributed by atoms with Gasteiger partial charge in [0.05, 0.1) is 0 Å². The summed E-state index contributed by atoms with van der Waals surface area (Å²) in [5.74, 6) is 0. The fourth-order valence-electron chi connectivity index (χ4n) is 2.13. The van der Waals surface area contributed by atoms with Crippen LogP contribution < -0.4 is 17.2 Å². The molecule has 0 heterocycles. The molecule has 0 amide bonds. The van der Waals surface area contributed by atoms with Crippen molar-refractivity contribution < 1.29 is 0 Å². The van der Waals surface area contributed by atoms with Gasteiger partial charge in [-0.3, -0.25) is 0 Å². The van der Waals surface area contributed by atoms with E-state index >= 15 is 0 Å². The second kappa shape index (κ2) is 9.33. The first-order valence-electron chi connectivity index (χ1n) is 6.29. The van der Waals surface area contributed by atoms with Crippen molar-refractivity contribution in [3.63, 3.8) is 0 Å². The van der Waals surface area contributed by atoms with E-state index in [1.165, 1.54) is 35.9 Å². The Kier molecular flexibility index (Phi) is 9.39. The molecule has 4 heteroatoms. The maximum Gasteiger partial charge on any atom is 0.0106 e. The van der Waals surface area contributed by atoms with Crippen LogP contribution in [0.15, 0.2) is 0 Å². The van der Waals surface area contributed by atoms with Crippen LogP contribution in [-0.2, 0) is 0 Å². The summed E-state index contributed by atoms with van der Waals surface area (Å²) in [4.78, 5) is 0. The standard InChI is InChI=1S/C11H29N3Si/c12-8-2-1-5-11(15,6-3-9-13)7-4-10-14/h1-10,12-14H2,15H3. The molecule has 92 valence electrons. The molecule has 0 saturated heterocycles. The highest BCUT2D eigenvalue weighted by molar-refractivity contribution is 6.15. The van der Waals surface area contributed by atoms with E-state index in [9.17, 15) is 0 Å². The molecule has 0 aliphatic rings. The van der Waals surface area contributed by atoms with E-state index in [0.29, 0.717) is 5.04 Å². The summed E-state index contributed by atoms with van der Waals surface area (Å²) in [5.41, 5.74) is 16.7. The van der Waals surface area contributed by atoms with Crippen LogP contribution in [0, 0.1) is 0 Å². The van der Waals surface area contributed by atoms with Crippen molar-refractivity contribution in [3.8, 4) is 0 Å². The maximum absolute atomic E-state index is 5.59. The molecule has 0 rings (SSSR count). The highest BCUT2D eigenvalue weighted by Gasteiger charge is 2.22. The van der Waals surface area contributed by atoms with Crippen LogP contribution >= 0.6 is 0 Å². The van der Waals surface area contributed by atoms with Crippen LogP contribution in [0.5, 0.6) is 0 Å². The molecular weight excluding hydrogens is 202 g/mol. The zero-order valence-corrected chi connectivity index (χ0v) is 12.3. The van der Waals surface area contributed by atoms with Crippen molar-refractivity contribution in [1.29, 1.82) is 0 Å². The number of hydrogen-bond donors (Lipinski definition) is 3.